The zero-order valence-electron chi connectivity index (χ0n) is 22.9. The Morgan fingerprint density at radius 1 is 1.13 bits per heavy atom. The number of benzene rings is 1. The molecule has 3 saturated heterocycles. The Hall–Kier alpha value is -2.49. The molecule has 1 aromatic rings. The number of hydrogen-bond donors (Lipinski definition) is 1. The fraction of sp³-hybridized carbons (Fsp3) is 0.690. The highest BCUT2D eigenvalue weighted by atomic mass is 16.6. The molecule has 1 saturated carbocycles. The minimum Gasteiger partial charge on any atom is -0.374 e. The van der Waals surface area contributed by atoms with Gasteiger partial charge in [-0.05, 0) is 63.3 Å². The second-order valence-electron chi connectivity index (χ2n) is 11.4. The topological polar surface area (TPSA) is 105 Å². The molecule has 3 aliphatic heterocycles. The Morgan fingerprint density at radius 3 is 2.47 bits per heavy atom. The van der Waals surface area contributed by atoms with Crippen molar-refractivity contribution < 1.29 is 23.9 Å². The molecule has 1 aromatic carbocycles. The molecule has 0 radical (unpaired) electrons. The van der Waals surface area contributed by atoms with Crippen LogP contribution in [0.3, 0.4) is 0 Å². The molecule has 0 aromatic heterocycles. The highest BCUT2D eigenvalue weighted by Gasteiger charge is 2.54. The predicted molar refractivity (Wildman–Crippen MR) is 144 cm³/mol. The van der Waals surface area contributed by atoms with Crippen LogP contribution < -0.4 is 10.6 Å². The van der Waals surface area contributed by atoms with Crippen molar-refractivity contribution in [3.8, 4) is 0 Å². The van der Waals surface area contributed by atoms with Crippen LogP contribution in [0.5, 0.6) is 0 Å². The van der Waals surface area contributed by atoms with Crippen LogP contribution in [0.25, 0.3) is 0 Å². The number of fused-ring (bicyclic) bond motifs is 1. The van der Waals surface area contributed by atoms with E-state index < -0.39 is 24.0 Å². The molecule has 1 aliphatic carbocycles. The monoisotopic (exact) mass is 526 g/mol. The van der Waals surface area contributed by atoms with Gasteiger partial charge in [0.15, 0.2) is 5.78 Å². The fourth-order valence-electron chi connectivity index (χ4n) is 6.98. The number of likely N-dealkylation sites (tertiary alicyclic amines) is 1. The summed E-state index contributed by atoms with van der Waals surface area (Å²) in [5.41, 5.74) is 7.98. The summed E-state index contributed by atoms with van der Waals surface area (Å²) < 4.78 is 11.7. The van der Waals surface area contributed by atoms with Crippen molar-refractivity contribution in [3.63, 3.8) is 0 Å². The quantitative estimate of drug-likeness (QED) is 0.554. The Balaban J connectivity index is 1.50. The normalized spacial score (nSPS) is 27.4. The van der Waals surface area contributed by atoms with E-state index in [0.29, 0.717) is 30.3 Å². The third-order valence-electron chi connectivity index (χ3n) is 8.98. The molecule has 2 amide bonds. The third-order valence-corrected chi connectivity index (χ3v) is 8.98. The predicted octanol–water partition coefficient (Wildman–Crippen LogP) is 2.17. The average molecular weight is 527 g/mol. The maximum atomic E-state index is 14.4. The lowest BCUT2D eigenvalue weighted by Crippen LogP contribution is -2.49. The molecule has 38 heavy (non-hydrogen) atoms. The summed E-state index contributed by atoms with van der Waals surface area (Å²) in [7, 11) is 0. The first-order valence-electron chi connectivity index (χ1n) is 14.3. The molecule has 0 unspecified atom stereocenters. The Kier molecular flexibility index (Phi) is 8.07. The van der Waals surface area contributed by atoms with Gasteiger partial charge in [0.1, 0.15) is 24.9 Å². The van der Waals surface area contributed by atoms with E-state index in [0.717, 1.165) is 57.5 Å². The summed E-state index contributed by atoms with van der Waals surface area (Å²) in [6.45, 7) is 10.8. The molecular formula is C29H42N4O5. The van der Waals surface area contributed by atoms with Crippen LogP contribution in [0.2, 0.25) is 0 Å². The smallest absolute Gasteiger partial charge is 0.249 e. The molecule has 9 heteroatoms. The van der Waals surface area contributed by atoms with E-state index in [-0.39, 0.29) is 30.3 Å². The first-order chi connectivity index (χ1) is 18.3. The minimum atomic E-state index is -0.632. The number of carbonyl (C=O) groups excluding carboxylic acids is 3. The van der Waals surface area contributed by atoms with Crippen LogP contribution in [0.4, 0.5) is 5.69 Å². The van der Waals surface area contributed by atoms with E-state index in [4.69, 9.17) is 15.2 Å². The summed E-state index contributed by atoms with van der Waals surface area (Å²) in [6, 6.07) is 5.63. The van der Waals surface area contributed by atoms with Gasteiger partial charge in [-0.2, -0.15) is 0 Å². The van der Waals surface area contributed by atoms with Crippen molar-refractivity contribution in [1.29, 1.82) is 0 Å². The van der Waals surface area contributed by atoms with Crippen LogP contribution in [0.1, 0.15) is 68.3 Å². The second kappa shape index (κ2) is 11.3. The van der Waals surface area contributed by atoms with Gasteiger partial charge in [-0.1, -0.05) is 12.8 Å². The van der Waals surface area contributed by atoms with E-state index in [1.807, 2.05) is 19.1 Å². The second-order valence-corrected chi connectivity index (χ2v) is 11.4. The zero-order valence-corrected chi connectivity index (χ0v) is 22.9. The van der Waals surface area contributed by atoms with Crippen LogP contribution in [0, 0.1) is 5.92 Å². The number of piperazine rings is 1. The number of amides is 2. The molecule has 9 nitrogen and oxygen atoms in total. The highest BCUT2D eigenvalue weighted by molar-refractivity contribution is 5.99. The maximum Gasteiger partial charge on any atom is 0.249 e. The standard InChI is InChI=1S/C29H42N4O5/c1-4-37-24-16-33(26-23(34)17-38-27(24)26)29(36)25(19-7-5-6-8-19)22-15-20(9-10-21(22)28(30)35)32-13-11-31(12-14-32)18(2)3/h9-10,15,18-19,24-27H,4-8,11-14,16-17H2,1-3H3,(H2,30,35)/t24-,25-,26+,27+/m0/s1. The number of nitrogens with two attached hydrogens (primary N) is 1. The lowest BCUT2D eigenvalue weighted by molar-refractivity contribution is -0.139. The number of Topliss-reactive ketones (excluding diaryl/α,β-unsaturated/α-hetero) is 1. The molecule has 5 rings (SSSR count). The Labute approximate surface area is 225 Å². The van der Waals surface area contributed by atoms with Gasteiger partial charge in [-0.3, -0.25) is 19.3 Å². The summed E-state index contributed by atoms with van der Waals surface area (Å²) in [6.07, 6.45) is 3.15. The van der Waals surface area contributed by atoms with Gasteiger partial charge >= 0.3 is 0 Å². The maximum absolute atomic E-state index is 14.4. The summed E-state index contributed by atoms with van der Waals surface area (Å²) in [5, 5.41) is 0. The van der Waals surface area contributed by atoms with Crippen molar-refractivity contribution >= 4 is 23.3 Å². The molecule has 4 aliphatic rings. The number of anilines is 1. The largest absolute Gasteiger partial charge is 0.374 e. The van der Waals surface area contributed by atoms with Gasteiger partial charge in [0.2, 0.25) is 11.8 Å². The van der Waals surface area contributed by atoms with E-state index in [1.54, 1.807) is 11.0 Å². The van der Waals surface area contributed by atoms with Gasteiger partial charge in [0.05, 0.1) is 12.5 Å². The van der Waals surface area contributed by atoms with Gasteiger partial charge in [-0.15, -0.1) is 0 Å². The molecular weight excluding hydrogens is 484 g/mol. The number of ether oxygens (including phenoxy) is 2. The van der Waals surface area contributed by atoms with Crippen molar-refractivity contribution in [2.75, 3.05) is 50.8 Å². The van der Waals surface area contributed by atoms with Gasteiger partial charge < -0.3 is 25.0 Å². The number of hydrogen-bond acceptors (Lipinski definition) is 7. The SMILES string of the molecule is CCO[C@H]1CN(C(=O)[C@H](c2cc(N3CCN(C(C)C)CC3)ccc2C(N)=O)C2CCCC2)[C@@H]2C(=O)CO[C@H]12. The average Bonchev–Trinajstić information content (AvgIpc) is 3.64. The third kappa shape index (κ3) is 5.08. The van der Waals surface area contributed by atoms with E-state index >= 15 is 0 Å². The van der Waals surface area contributed by atoms with Crippen molar-refractivity contribution in [2.45, 2.75) is 76.7 Å². The minimum absolute atomic E-state index is 0.00115. The molecule has 2 N–H and O–H groups in total. The number of rotatable bonds is 8. The molecule has 4 atom stereocenters. The van der Waals surface area contributed by atoms with Crippen LogP contribution >= 0.6 is 0 Å². The molecule has 0 bridgehead atoms. The van der Waals surface area contributed by atoms with E-state index in [9.17, 15) is 14.4 Å². The first kappa shape index (κ1) is 27.1. The number of nitrogens with zero attached hydrogens (tertiary/aromatic N) is 3. The molecule has 4 fully saturated rings. The first-order valence-corrected chi connectivity index (χ1v) is 14.3. The van der Waals surface area contributed by atoms with Crippen molar-refractivity contribution in [2.24, 2.45) is 11.7 Å². The van der Waals surface area contributed by atoms with Gasteiger partial charge in [0, 0.05) is 50.1 Å². The summed E-state index contributed by atoms with van der Waals surface area (Å²) in [4.78, 5) is 46.4. The fourth-order valence-corrected chi connectivity index (χ4v) is 6.98. The van der Waals surface area contributed by atoms with Crippen molar-refractivity contribution in [1.82, 2.24) is 9.80 Å². The number of ketones is 1. The van der Waals surface area contributed by atoms with E-state index in [1.165, 1.54) is 0 Å². The molecule has 0 spiro atoms. The Bertz CT molecular complexity index is 1050. The summed E-state index contributed by atoms with van der Waals surface area (Å²) in [5.74, 6) is -1.17. The number of carbonyl (C=O) groups is 3. The van der Waals surface area contributed by atoms with Crippen LogP contribution in [-0.4, -0.2) is 97.6 Å². The van der Waals surface area contributed by atoms with Crippen molar-refractivity contribution in [3.05, 3.63) is 29.3 Å². The zero-order chi connectivity index (χ0) is 27.0. The highest BCUT2D eigenvalue weighted by Crippen LogP contribution is 2.43. The molecule has 208 valence electrons. The molecule has 3 heterocycles. The summed E-state index contributed by atoms with van der Waals surface area (Å²) >= 11 is 0. The Morgan fingerprint density at radius 2 is 1.84 bits per heavy atom. The van der Waals surface area contributed by atoms with Gasteiger partial charge in [0.25, 0.3) is 0 Å². The van der Waals surface area contributed by atoms with Gasteiger partial charge in [-0.25, -0.2) is 0 Å². The van der Waals surface area contributed by atoms with Crippen LogP contribution in [-0.2, 0) is 19.1 Å². The lowest BCUT2D eigenvalue weighted by atomic mass is 9.80. The number of primary amides is 1. The van der Waals surface area contributed by atoms with E-state index in [2.05, 4.69) is 23.6 Å². The lowest BCUT2D eigenvalue weighted by Gasteiger charge is -2.38. The van der Waals surface area contributed by atoms with Crippen LogP contribution in [0.15, 0.2) is 18.2 Å².